The smallest absolute Gasteiger partial charge is 0.253 e. The highest BCUT2D eigenvalue weighted by molar-refractivity contribution is 6.05. The molecule has 0 saturated heterocycles. The molecule has 3 heteroatoms. The van der Waals surface area contributed by atoms with Crippen LogP contribution in [0.4, 0.5) is 0 Å². The number of nitrogens with one attached hydrogen (secondary N) is 2. The fourth-order valence-electron chi connectivity index (χ4n) is 2.40. The van der Waals surface area contributed by atoms with Crippen molar-refractivity contribution in [3.8, 4) is 0 Å². The highest BCUT2D eigenvalue weighted by Crippen LogP contribution is 2.33. The molecular weight excluding hydrogens is 212 g/mol. The topological polar surface area (TPSA) is 44.9 Å². The van der Waals surface area contributed by atoms with E-state index in [2.05, 4.69) is 17.2 Å². The summed E-state index contributed by atoms with van der Waals surface area (Å²) in [7, 11) is 0. The Labute approximate surface area is 100 Å². The van der Waals surface area contributed by atoms with Crippen LogP contribution in [0.25, 0.3) is 10.9 Å². The third kappa shape index (κ3) is 1.82. The van der Waals surface area contributed by atoms with Crippen LogP contribution >= 0.6 is 0 Å². The summed E-state index contributed by atoms with van der Waals surface area (Å²) in [6.07, 6.45) is 4.15. The number of amides is 1. The summed E-state index contributed by atoms with van der Waals surface area (Å²) in [5, 5.41) is 4.18. The maximum atomic E-state index is 12.1. The summed E-state index contributed by atoms with van der Waals surface area (Å²) >= 11 is 0. The van der Waals surface area contributed by atoms with Gasteiger partial charge in [0.15, 0.2) is 0 Å². The lowest BCUT2D eigenvalue weighted by Gasteiger charge is -2.05. The summed E-state index contributed by atoms with van der Waals surface area (Å²) in [5.41, 5.74) is 1.67. The second kappa shape index (κ2) is 3.91. The van der Waals surface area contributed by atoms with E-state index in [1.54, 1.807) is 0 Å². The van der Waals surface area contributed by atoms with E-state index >= 15 is 0 Å². The maximum absolute atomic E-state index is 12.1. The van der Waals surface area contributed by atoms with Gasteiger partial charge in [-0.1, -0.05) is 25.5 Å². The van der Waals surface area contributed by atoms with E-state index in [-0.39, 0.29) is 5.91 Å². The molecule has 2 N–H and O–H groups in total. The van der Waals surface area contributed by atoms with Crippen LogP contribution in [0.15, 0.2) is 30.5 Å². The van der Waals surface area contributed by atoms with Crippen molar-refractivity contribution >= 4 is 16.8 Å². The van der Waals surface area contributed by atoms with Gasteiger partial charge in [-0.25, -0.2) is 0 Å². The number of hydrogen-bond donors (Lipinski definition) is 2. The zero-order chi connectivity index (χ0) is 11.8. The van der Waals surface area contributed by atoms with Crippen LogP contribution in [0.2, 0.25) is 0 Å². The molecule has 0 bridgehead atoms. The summed E-state index contributed by atoms with van der Waals surface area (Å²) in [5.74, 6) is 0.723. The van der Waals surface area contributed by atoms with Crippen LogP contribution in [-0.4, -0.2) is 16.9 Å². The molecule has 1 heterocycles. The summed E-state index contributed by atoms with van der Waals surface area (Å²) in [4.78, 5) is 15.3. The van der Waals surface area contributed by atoms with Crippen LogP contribution in [0.3, 0.4) is 0 Å². The number of H-pyrrole nitrogens is 1. The Morgan fingerprint density at radius 1 is 1.47 bits per heavy atom. The van der Waals surface area contributed by atoms with Crippen molar-refractivity contribution in [2.75, 3.05) is 0 Å². The van der Waals surface area contributed by atoms with Crippen molar-refractivity contribution in [3.05, 3.63) is 36.0 Å². The number of carbonyl (C=O) groups is 1. The van der Waals surface area contributed by atoms with Gasteiger partial charge in [-0.15, -0.1) is 0 Å². The van der Waals surface area contributed by atoms with Gasteiger partial charge in [0.25, 0.3) is 5.91 Å². The maximum Gasteiger partial charge on any atom is 0.253 e. The minimum atomic E-state index is 0.0407. The summed E-state index contributed by atoms with van der Waals surface area (Å²) < 4.78 is 0. The molecule has 1 aliphatic carbocycles. The lowest BCUT2D eigenvalue weighted by molar-refractivity contribution is 0.0950. The second-order valence-corrected chi connectivity index (χ2v) is 4.73. The van der Waals surface area contributed by atoms with Gasteiger partial charge in [-0.3, -0.25) is 4.79 Å². The Hall–Kier alpha value is -1.77. The highest BCUT2D eigenvalue weighted by atomic mass is 16.1. The zero-order valence-corrected chi connectivity index (χ0v) is 9.86. The number of carbonyl (C=O) groups excluding carboxylic acids is 1. The number of hydrogen-bond acceptors (Lipinski definition) is 1. The summed E-state index contributed by atoms with van der Waals surface area (Å²) in [6, 6.07) is 8.18. The Balaban J connectivity index is 1.83. The third-order valence-electron chi connectivity index (χ3n) is 3.60. The van der Waals surface area contributed by atoms with E-state index < -0.39 is 0 Å². The van der Waals surface area contributed by atoms with E-state index in [0.717, 1.165) is 29.3 Å². The molecule has 0 radical (unpaired) electrons. The normalized spacial score (nSPS) is 22.6. The number of para-hydroxylation sites is 1. The molecule has 3 nitrogen and oxygen atoms in total. The van der Waals surface area contributed by atoms with E-state index in [0.29, 0.717) is 12.0 Å². The minimum Gasteiger partial charge on any atom is -0.361 e. The van der Waals surface area contributed by atoms with Gasteiger partial charge in [-0.05, 0) is 24.5 Å². The van der Waals surface area contributed by atoms with E-state index in [9.17, 15) is 4.79 Å². The number of fused-ring (bicyclic) bond motifs is 1. The molecule has 1 aliphatic rings. The first-order valence-corrected chi connectivity index (χ1v) is 6.16. The van der Waals surface area contributed by atoms with Crippen LogP contribution in [0.1, 0.15) is 30.1 Å². The molecule has 17 heavy (non-hydrogen) atoms. The van der Waals surface area contributed by atoms with Crippen LogP contribution in [-0.2, 0) is 0 Å². The van der Waals surface area contributed by atoms with Gasteiger partial charge in [0.05, 0.1) is 11.1 Å². The van der Waals surface area contributed by atoms with Crippen molar-refractivity contribution in [2.24, 2.45) is 5.92 Å². The van der Waals surface area contributed by atoms with E-state index in [1.807, 2.05) is 30.5 Å². The van der Waals surface area contributed by atoms with Crippen molar-refractivity contribution in [3.63, 3.8) is 0 Å². The second-order valence-electron chi connectivity index (χ2n) is 4.73. The molecular formula is C14H16N2O. The Morgan fingerprint density at radius 3 is 3.12 bits per heavy atom. The standard InChI is InChI=1S/C14H16N2O/c1-2-9-8-12(9)16-14(17)11-5-3-4-10-6-7-15-13(10)11/h3-7,9,12,15H,2,8H2,1H3,(H,16,17). The molecule has 1 aromatic heterocycles. The number of rotatable bonds is 3. The molecule has 2 unspecified atom stereocenters. The molecule has 2 aromatic rings. The molecule has 3 rings (SSSR count). The molecule has 2 atom stereocenters. The highest BCUT2D eigenvalue weighted by Gasteiger charge is 2.36. The molecule has 1 fully saturated rings. The predicted octanol–water partition coefficient (Wildman–Crippen LogP) is 2.70. The minimum absolute atomic E-state index is 0.0407. The monoisotopic (exact) mass is 228 g/mol. The first-order chi connectivity index (χ1) is 8.29. The predicted molar refractivity (Wildman–Crippen MR) is 68.0 cm³/mol. The first-order valence-electron chi connectivity index (χ1n) is 6.16. The molecule has 0 spiro atoms. The number of aromatic amines is 1. The van der Waals surface area contributed by atoms with E-state index in [4.69, 9.17) is 0 Å². The first kappa shape index (κ1) is 10.4. The molecule has 88 valence electrons. The SMILES string of the molecule is CCC1CC1NC(=O)c1cccc2cc[nH]c12. The number of aromatic nitrogens is 1. The molecule has 1 amide bonds. The lowest BCUT2D eigenvalue weighted by atomic mass is 10.1. The fourth-order valence-corrected chi connectivity index (χ4v) is 2.40. The van der Waals surface area contributed by atoms with Crippen molar-refractivity contribution in [1.29, 1.82) is 0 Å². The zero-order valence-electron chi connectivity index (χ0n) is 9.86. The van der Waals surface area contributed by atoms with Gasteiger partial charge in [0.2, 0.25) is 0 Å². The van der Waals surface area contributed by atoms with Gasteiger partial charge in [0.1, 0.15) is 0 Å². The average molecular weight is 228 g/mol. The van der Waals surface area contributed by atoms with Gasteiger partial charge in [-0.2, -0.15) is 0 Å². The molecule has 1 aromatic carbocycles. The van der Waals surface area contributed by atoms with Crippen LogP contribution < -0.4 is 5.32 Å². The lowest BCUT2D eigenvalue weighted by Crippen LogP contribution is -2.26. The Bertz CT molecular complexity index is 558. The van der Waals surface area contributed by atoms with Crippen molar-refractivity contribution < 1.29 is 4.79 Å². The van der Waals surface area contributed by atoms with Crippen LogP contribution in [0.5, 0.6) is 0 Å². The van der Waals surface area contributed by atoms with E-state index in [1.165, 1.54) is 0 Å². The van der Waals surface area contributed by atoms with Gasteiger partial charge >= 0.3 is 0 Å². The fraction of sp³-hybridized carbons (Fsp3) is 0.357. The number of benzene rings is 1. The molecule has 1 saturated carbocycles. The van der Waals surface area contributed by atoms with Crippen molar-refractivity contribution in [1.82, 2.24) is 10.3 Å². The quantitative estimate of drug-likeness (QED) is 0.833. The van der Waals surface area contributed by atoms with Crippen molar-refractivity contribution in [2.45, 2.75) is 25.8 Å². The average Bonchev–Trinajstić information content (AvgIpc) is 2.91. The third-order valence-corrected chi connectivity index (χ3v) is 3.60. The van der Waals surface area contributed by atoms with Gasteiger partial charge < -0.3 is 10.3 Å². The largest absolute Gasteiger partial charge is 0.361 e. The molecule has 0 aliphatic heterocycles. The Kier molecular flexibility index (Phi) is 2.39. The van der Waals surface area contributed by atoms with Crippen LogP contribution in [0, 0.1) is 5.92 Å². The van der Waals surface area contributed by atoms with Gasteiger partial charge in [0, 0.05) is 17.6 Å². The summed E-state index contributed by atoms with van der Waals surface area (Å²) in [6.45, 7) is 2.17. The Morgan fingerprint density at radius 2 is 2.35 bits per heavy atom.